The highest BCUT2D eigenvalue weighted by atomic mass is 32.2. The molecule has 90 valence electrons. The zero-order valence-corrected chi connectivity index (χ0v) is 9.99. The average Bonchev–Trinajstić information content (AvgIpc) is 3.02. The molecule has 0 spiro atoms. The molecule has 0 saturated heterocycles. The summed E-state index contributed by atoms with van der Waals surface area (Å²) in [6.45, 7) is 0. The van der Waals surface area contributed by atoms with Gasteiger partial charge in [-0.15, -0.1) is 0 Å². The van der Waals surface area contributed by atoms with Crippen LogP contribution in [-0.4, -0.2) is 25.8 Å². The lowest BCUT2D eigenvalue weighted by atomic mass is 10.2. The minimum atomic E-state index is -3.42. The second kappa shape index (κ2) is 4.22. The van der Waals surface area contributed by atoms with E-state index in [2.05, 4.69) is 9.71 Å². The number of hydrogen-bond donors (Lipinski definition) is 1. The standard InChI is InChI=1S/C10H11N3O3S/c1-17(14,15)13-9-6-12-5-7(4-11)10(9)16-8-2-3-8/h5-6,8,13H,2-3H2,1H3. The summed E-state index contributed by atoms with van der Waals surface area (Å²) in [7, 11) is -3.42. The predicted octanol–water partition coefficient (Wildman–Crippen LogP) is 0.866. The molecule has 1 fully saturated rings. The molecule has 0 aromatic carbocycles. The van der Waals surface area contributed by atoms with E-state index in [9.17, 15) is 8.42 Å². The Balaban J connectivity index is 2.38. The van der Waals surface area contributed by atoms with Gasteiger partial charge in [0.1, 0.15) is 17.3 Å². The van der Waals surface area contributed by atoms with E-state index < -0.39 is 10.0 Å². The molecule has 1 aliphatic rings. The van der Waals surface area contributed by atoms with Crippen molar-refractivity contribution in [2.45, 2.75) is 18.9 Å². The number of nitriles is 1. The zero-order chi connectivity index (χ0) is 12.5. The van der Waals surface area contributed by atoms with E-state index in [0.29, 0.717) is 0 Å². The Hall–Kier alpha value is -1.81. The van der Waals surface area contributed by atoms with Crippen LogP contribution in [0.25, 0.3) is 0 Å². The maximum atomic E-state index is 11.2. The first kappa shape index (κ1) is 11.7. The normalized spacial score (nSPS) is 15.1. The Kier molecular flexibility index (Phi) is 2.90. The van der Waals surface area contributed by atoms with Gasteiger partial charge in [0.15, 0.2) is 5.75 Å². The molecule has 17 heavy (non-hydrogen) atoms. The number of sulfonamides is 1. The van der Waals surface area contributed by atoms with E-state index in [1.165, 1.54) is 12.4 Å². The largest absolute Gasteiger partial charge is 0.487 e. The van der Waals surface area contributed by atoms with Gasteiger partial charge in [-0.3, -0.25) is 9.71 Å². The Morgan fingerprint density at radius 2 is 2.24 bits per heavy atom. The number of aromatic nitrogens is 1. The highest BCUT2D eigenvalue weighted by Crippen LogP contribution is 2.34. The van der Waals surface area contributed by atoms with Crippen molar-refractivity contribution in [1.29, 1.82) is 5.26 Å². The number of rotatable bonds is 4. The van der Waals surface area contributed by atoms with Crippen molar-refractivity contribution in [2.24, 2.45) is 0 Å². The van der Waals surface area contributed by atoms with Crippen molar-refractivity contribution in [3.8, 4) is 11.8 Å². The molecule has 1 heterocycles. The molecule has 0 amide bonds. The molecule has 0 bridgehead atoms. The van der Waals surface area contributed by atoms with Gasteiger partial charge in [0.2, 0.25) is 10.0 Å². The van der Waals surface area contributed by atoms with Crippen molar-refractivity contribution < 1.29 is 13.2 Å². The van der Waals surface area contributed by atoms with Gasteiger partial charge >= 0.3 is 0 Å². The molecule has 0 atom stereocenters. The van der Waals surface area contributed by atoms with E-state index in [-0.39, 0.29) is 23.1 Å². The Morgan fingerprint density at radius 1 is 1.53 bits per heavy atom. The number of anilines is 1. The van der Waals surface area contributed by atoms with E-state index in [4.69, 9.17) is 10.00 Å². The number of ether oxygens (including phenoxy) is 1. The summed E-state index contributed by atoms with van der Waals surface area (Å²) < 4.78 is 30.2. The van der Waals surface area contributed by atoms with Gasteiger partial charge in [0.05, 0.1) is 18.6 Å². The Morgan fingerprint density at radius 3 is 2.76 bits per heavy atom. The van der Waals surface area contributed by atoms with E-state index >= 15 is 0 Å². The third-order valence-electron chi connectivity index (χ3n) is 2.12. The van der Waals surface area contributed by atoms with Gasteiger partial charge < -0.3 is 4.74 Å². The van der Waals surface area contributed by atoms with Crippen molar-refractivity contribution >= 4 is 15.7 Å². The van der Waals surface area contributed by atoms with Crippen LogP contribution in [0.1, 0.15) is 18.4 Å². The molecule has 7 heteroatoms. The van der Waals surface area contributed by atoms with Crippen molar-refractivity contribution in [3.63, 3.8) is 0 Å². The van der Waals surface area contributed by atoms with Gasteiger partial charge in [0.25, 0.3) is 0 Å². The third kappa shape index (κ3) is 3.07. The lowest BCUT2D eigenvalue weighted by molar-refractivity contribution is 0.303. The van der Waals surface area contributed by atoms with Gasteiger partial charge in [-0.25, -0.2) is 8.42 Å². The maximum Gasteiger partial charge on any atom is 0.229 e. The fourth-order valence-electron chi connectivity index (χ4n) is 1.28. The molecule has 0 aliphatic heterocycles. The van der Waals surface area contributed by atoms with Crippen molar-refractivity contribution in [1.82, 2.24) is 4.98 Å². The quantitative estimate of drug-likeness (QED) is 0.859. The van der Waals surface area contributed by atoms with Crippen LogP contribution in [0.2, 0.25) is 0 Å². The lowest BCUT2D eigenvalue weighted by Gasteiger charge is -2.12. The van der Waals surface area contributed by atoms with Crippen molar-refractivity contribution in [2.75, 3.05) is 11.0 Å². The van der Waals surface area contributed by atoms with Gasteiger partial charge in [-0.05, 0) is 12.8 Å². The van der Waals surface area contributed by atoms with E-state index in [1.54, 1.807) is 0 Å². The fraction of sp³-hybridized carbons (Fsp3) is 0.400. The van der Waals surface area contributed by atoms with E-state index in [0.717, 1.165) is 19.1 Å². The molecular weight excluding hydrogens is 242 g/mol. The summed E-state index contributed by atoms with van der Waals surface area (Å²) in [6.07, 6.45) is 5.64. The first-order valence-electron chi connectivity index (χ1n) is 5.02. The van der Waals surface area contributed by atoms with Crippen LogP contribution in [-0.2, 0) is 10.0 Å². The number of nitrogens with one attached hydrogen (secondary N) is 1. The minimum Gasteiger partial charge on any atom is -0.487 e. The second-order valence-electron chi connectivity index (χ2n) is 3.87. The van der Waals surface area contributed by atoms with Crippen LogP contribution in [0.4, 0.5) is 5.69 Å². The maximum absolute atomic E-state index is 11.2. The monoisotopic (exact) mass is 253 g/mol. The van der Waals surface area contributed by atoms with Crippen LogP contribution in [0, 0.1) is 11.3 Å². The summed E-state index contributed by atoms with van der Waals surface area (Å²) in [5, 5.41) is 8.93. The average molecular weight is 253 g/mol. The van der Waals surface area contributed by atoms with Gasteiger partial charge in [-0.2, -0.15) is 5.26 Å². The minimum absolute atomic E-state index is 0.0737. The van der Waals surface area contributed by atoms with Crippen LogP contribution in [0.15, 0.2) is 12.4 Å². The fourth-order valence-corrected chi connectivity index (χ4v) is 1.83. The smallest absolute Gasteiger partial charge is 0.229 e. The molecule has 0 radical (unpaired) electrons. The topological polar surface area (TPSA) is 92.1 Å². The molecule has 1 aromatic rings. The number of pyridine rings is 1. The Labute approximate surface area is 99.3 Å². The summed E-state index contributed by atoms with van der Waals surface area (Å²) >= 11 is 0. The molecule has 1 aliphatic carbocycles. The highest BCUT2D eigenvalue weighted by Gasteiger charge is 2.26. The number of hydrogen-bond acceptors (Lipinski definition) is 5. The first-order valence-corrected chi connectivity index (χ1v) is 6.91. The van der Waals surface area contributed by atoms with Gasteiger partial charge in [-0.1, -0.05) is 0 Å². The summed E-state index contributed by atoms with van der Waals surface area (Å²) in [5.41, 5.74) is 0.434. The van der Waals surface area contributed by atoms with Gasteiger partial charge in [0, 0.05) is 6.20 Å². The second-order valence-corrected chi connectivity index (χ2v) is 5.62. The van der Waals surface area contributed by atoms with Crippen LogP contribution in [0.5, 0.6) is 5.75 Å². The molecule has 1 aromatic heterocycles. The predicted molar refractivity (Wildman–Crippen MR) is 61.1 cm³/mol. The molecule has 1 saturated carbocycles. The Bertz CT molecular complexity index is 573. The molecule has 0 unspecified atom stereocenters. The third-order valence-corrected chi connectivity index (χ3v) is 2.71. The van der Waals surface area contributed by atoms with Crippen LogP contribution in [0.3, 0.4) is 0 Å². The molecular formula is C10H11N3O3S. The van der Waals surface area contributed by atoms with E-state index in [1.807, 2.05) is 6.07 Å². The van der Waals surface area contributed by atoms with Crippen LogP contribution >= 0.6 is 0 Å². The molecule has 6 nitrogen and oxygen atoms in total. The highest BCUT2D eigenvalue weighted by molar-refractivity contribution is 7.92. The lowest BCUT2D eigenvalue weighted by Crippen LogP contribution is -2.12. The summed E-state index contributed by atoms with van der Waals surface area (Å²) in [4.78, 5) is 3.80. The molecule has 2 rings (SSSR count). The molecule has 1 N–H and O–H groups in total. The van der Waals surface area contributed by atoms with Crippen LogP contribution < -0.4 is 9.46 Å². The summed E-state index contributed by atoms with van der Waals surface area (Å²) in [5.74, 6) is 0.260. The number of nitrogens with zero attached hydrogens (tertiary/aromatic N) is 2. The van der Waals surface area contributed by atoms with Crippen molar-refractivity contribution in [3.05, 3.63) is 18.0 Å². The summed E-state index contributed by atoms with van der Waals surface area (Å²) in [6, 6.07) is 1.93. The first-order chi connectivity index (χ1) is 7.99. The zero-order valence-electron chi connectivity index (χ0n) is 9.17. The SMILES string of the molecule is CS(=O)(=O)Nc1cncc(C#N)c1OC1CC1.